The Kier molecular flexibility index (Phi) is 7.53. The van der Waals surface area contributed by atoms with E-state index in [0.717, 1.165) is 9.13 Å². The highest BCUT2D eigenvalue weighted by molar-refractivity contribution is 14.1. The van der Waals surface area contributed by atoms with Gasteiger partial charge in [0, 0.05) is 0 Å². The minimum Gasteiger partial charge on any atom is -0.490 e. The van der Waals surface area contributed by atoms with E-state index in [1.165, 1.54) is 0 Å². The van der Waals surface area contributed by atoms with Crippen LogP contribution in [0.4, 0.5) is 0 Å². The van der Waals surface area contributed by atoms with Crippen molar-refractivity contribution >= 4 is 40.2 Å². The van der Waals surface area contributed by atoms with Crippen LogP contribution in [0.2, 0.25) is 0 Å². The van der Waals surface area contributed by atoms with Gasteiger partial charge in [0.15, 0.2) is 0 Å². The summed E-state index contributed by atoms with van der Waals surface area (Å²) in [5.41, 5.74) is 0.651. The molecule has 0 aliphatic rings. The predicted octanol–water partition coefficient (Wildman–Crippen LogP) is 4.98. The van der Waals surface area contributed by atoms with Crippen LogP contribution in [-0.2, 0) is 15.1 Å². The normalized spacial score (nSPS) is 11.2. The second-order valence-electron chi connectivity index (χ2n) is 5.78. The van der Waals surface area contributed by atoms with Gasteiger partial charge in [-0.25, -0.2) is 4.79 Å². The fraction of sp³-hybridized carbons (Fsp3) is 0.316. The maximum Gasteiger partial charge on any atom is 0.339 e. The first-order valence-electron chi connectivity index (χ1n) is 7.79. The van der Waals surface area contributed by atoms with Gasteiger partial charge in [0.25, 0.3) is 0 Å². The van der Waals surface area contributed by atoms with Gasteiger partial charge in [-0.1, -0.05) is 41.9 Å². The number of rotatable bonds is 8. The topological polar surface area (TPSA) is 44.8 Å². The van der Waals surface area contributed by atoms with Crippen LogP contribution in [0.3, 0.4) is 0 Å². The molecule has 0 saturated heterocycles. The number of esters is 1. The molecule has 0 amide bonds. The predicted molar refractivity (Wildman–Crippen MR) is 106 cm³/mol. The van der Waals surface area contributed by atoms with Crippen LogP contribution in [-0.4, -0.2) is 25.2 Å². The third-order valence-electron chi connectivity index (χ3n) is 3.55. The molecule has 2 aromatic carbocycles. The van der Waals surface area contributed by atoms with Crippen molar-refractivity contribution in [3.8, 4) is 5.75 Å². The highest BCUT2D eigenvalue weighted by Crippen LogP contribution is 2.28. The molecule has 0 aliphatic carbocycles. The average molecular weight is 475 g/mol. The molecule has 0 saturated carbocycles. The van der Waals surface area contributed by atoms with Gasteiger partial charge < -0.3 is 14.2 Å². The first-order valence-corrected chi connectivity index (χ1v) is 9.40. The summed E-state index contributed by atoms with van der Waals surface area (Å²) in [6, 6.07) is 15.0. The molecule has 2 rings (SSSR count). The number of hydrogen-bond donors (Lipinski definition) is 0. The van der Waals surface area contributed by atoms with Crippen molar-refractivity contribution < 1.29 is 19.0 Å². The van der Waals surface area contributed by atoms with E-state index in [9.17, 15) is 4.79 Å². The number of ether oxygens (including phenoxy) is 3. The number of benzene rings is 2. The molecule has 0 spiro atoms. The molecule has 2 aromatic rings. The Labute approximate surface area is 166 Å². The molecular formula is C19H20ClIO4. The largest absolute Gasteiger partial charge is 0.490 e. The number of halogens is 2. The van der Waals surface area contributed by atoms with Crippen LogP contribution in [0.15, 0.2) is 48.5 Å². The molecule has 0 heterocycles. The molecule has 0 aromatic heterocycles. The van der Waals surface area contributed by atoms with Gasteiger partial charge >= 0.3 is 5.97 Å². The van der Waals surface area contributed by atoms with Crippen LogP contribution >= 0.6 is 34.2 Å². The number of carbonyl (C=O) groups excluding carboxylic acids is 1. The summed E-state index contributed by atoms with van der Waals surface area (Å²) in [6.45, 7) is 4.48. The summed E-state index contributed by atoms with van der Waals surface area (Å²) < 4.78 is 17.3. The van der Waals surface area contributed by atoms with E-state index in [1.54, 1.807) is 12.1 Å². The second kappa shape index (κ2) is 9.40. The molecule has 0 radical (unpaired) electrons. The Balaban J connectivity index is 2.08. The van der Waals surface area contributed by atoms with Crippen molar-refractivity contribution in [2.45, 2.75) is 19.4 Å². The lowest BCUT2D eigenvalue weighted by Crippen LogP contribution is -2.25. The number of carbonyl (C=O) groups is 1. The fourth-order valence-corrected chi connectivity index (χ4v) is 2.80. The Morgan fingerprint density at radius 2 is 1.84 bits per heavy atom. The smallest absolute Gasteiger partial charge is 0.339 e. The second-order valence-corrected chi connectivity index (χ2v) is 7.16. The quantitative estimate of drug-likeness (QED) is 0.234. The maximum absolute atomic E-state index is 12.6. The summed E-state index contributed by atoms with van der Waals surface area (Å²) in [7, 11) is 0. The fourth-order valence-electron chi connectivity index (χ4n) is 2.20. The minimum absolute atomic E-state index is 0.126. The van der Waals surface area contributed by atoms with Gasteiger partial charge in [-0.15, -0.1) is 0 Å². The molecule has 0 unspecified atom stereocenters. The van der Waals surface area contributed by atoms with Crippen molar-refractivity contribution in [3.63, 3.8) is 0 Å². The minimum atomic E-state index is -0.726. The Hall–Kier alpha value is -1.31. The first kappa shape index (κ1) is 20.0. The summed E-state index contributed by atoms with van der Waals surface area (Å²) in [5, 5.41) is 0. The van der Waals surface area contributed by atoms with Crippen LogP contribution < -0.4 is 4.74 Å². The van der Waals surface area contributed by atoms with Crippen LogP contribution in [0, 0.1) is 3.57 Å². The van der Waals surface area contributed by atoms with E-state index in [4.69, 9.17) is 25.8 Å². The summed E-state index contributed by atoms with van der Waals surface area (Å²) in [5.74, 6) is 0.220. The van der Waals surface area contributed by atoms with Gasteiger partial charge in [0.1, 0.15) is 24.0 Å². The molecule has 0 aliphatic heterocycles. The first-order chi connectivity index (χ1) is 11.9. The van der Waals surface area contributed by atoms with Crippen molar-refractivity contribution in [1.29, 1.82) is 0 Å². The molecule has 0 atom stereocenters. The standard InChI is InChI=1S/C19H20ClIO4/c1-19(2,15-6-4-3-5-7-15)25-18(22)14-8-9-16(21)17(12-14)24-11-10-23-13-20/h3-9,12H,10-11,13H2,1-2H3. The van der Waals surface area contributed by atoms with Crippen molar-refractivity contribution in [2.75, 3.05) is 19.3 Å². The van der Waals surface area contributed by atoms with E-state index in [-0.39, 0.29) is 6.07 Å². The van der Waals surface area contributed by atoms with E-state index < -0.39 is 11.6 Å². The van der Waals surface area contributed by atoms with Gasteiger partial charge in [-0.2, -0.15) is 0 Å². The zero-order chi connectivity index (χ0) is 18.3. The maximum atomic E-state index is 12.6. The summed E-state index contributed by atoms with van der Waals surface area (Å²) in [6.07, 6.45) is 0. The third-order valence-corrected chi connectivity index (χ3v) is 4.59. The van der Waals surface area contributed by atoms with Crippen LogP contribution in [0.1, 0.15) is 29.8 Å². The summed E-state index contributed by atoms with van der Waals surface area (Å²) >= 11 is 7.61. The number of hydrogen-bond acceptors (Lipinski definition) is 4. The summed E-state index contributed by atoms with van der Waals surface area (Å²) in [4.78, 5) is 12.6. The molecule has 0 fully saturated rings. The molecule has 4 nitrogen and oxygen atoms in total. The lowest BCUT2D eigenvalue weighted by Gasteiger charge is -2.25. The van der Waals surface area contributed by atoms with Crippen molar-refractivity contribution in [1.82, 2.24) is 0 Å². The Morgan fingerprint density at radius 1 is 1.12 bits per heavy atom. The van der Waals surface area contributed by atoms with E-state index >= 15 is 0 Å². The van der Waals surface area contributed by atoms with Crippen molar-refractivity contribution in [3.05, 3.63) is 63.2 Å². The van der Waals surface area contributed by atoms with Gasteiger partial charge in [0.05, 0.1) is 15.7 Å². The van der Waals surface area contributed by atoms with Gasteiger partial charge in [-0.3, -0.25) is 0 Å². The lowest BCUT2D eigenvalue weighted by atomic mass is 9.98. The van der Waals surface area contributed by atoms with E-state index in [0.29, 0.717) is 24.5 Å². The highest BCUT2D eigenvalue weighted by atomic mass is 127. The zero-order valence-electron chi connectivity index (χ0n) is 14.1. The molecule has 25 heavy (non-hydrogen) atoms. The van der Waals surface area contributed by atoms with Gasteiger partial charge in [0.2, 0.25) is 0 Å². The number of alkyl halides is 1. The third kappa shape index (κ3) is 5.87. The molecule has 6 heteroatoms. The Bertz CT molecular complexity index is 704. The van der Waals surface area contributed by atoms with Crippen molar-refractivity contribution in [2.24, 2.45) is 0 Å². The highest BCUT2D eigenvalue weighted by Gasteiger charge is 2.26. The molecule has 0 bridgehead atoms. The SMILES string of the molecule is CC(C)(OC(=O)c1ccc(I)c(OCCOCCl)c1)c1ccccc1. The van der Waals surface area contributed by atoms with Gasteiger partial charge in [-0.05, 0) is 60.2 Å². The Morgan fingerprint density at radius 3 is 2.52 bits per heavy atom. The van der Waals surface area contributed by atoms with Crippen LogP contribution in [0.5, 0.6) is 5.75 Å². The molecular weight excluding hydrogens is 455 g/mol. The van der Waals surface area contributed by atoms with Crippen LogP contribution in [0.25, 0.3) is 0 Å². The molecule has 134 valence electrons. The molecule has 0 N–H and O–H groups in total. The average Bonchev–Trinajstić information content (AvgIpc) is 2.60. The lowest BCUT2D eigenvalue weighted by molar-refractivity contribution is -0.00317. The van der Waals surface area contributed by atoms with E-state index in [2.05, 4.69) is 22.6 Å². The zero-order valence-corrected chi connectivity index (χ0v) is 17.0. The monoisotopic (exact) mass is 474 g/mol. The van der Waals surface area contributed by atoms with E-state index in [1.807, 2.05) is 50.2 Å².